The van der Waals surface area contributed by atoms with E-state index in [1.807, 2.05) is 48.5 Å². The van der Waals surface area contributed by atoms with Crippen molar-refractivity contribution in [3.63, 3.8) is 0 Å². The van der Waals surface area contributed by atoms with E-state index in [2.05, 4.69) is 19.2 Å². The lowest BCUT2D eigenvalue weighted by Gasteiger charge is -2.35. The molecule has 2 atom stereocenters. The van der Waals surface area contributed by atoms with Gasteiger partial charge in [-0.2, -0.15) is 0 Å². The molecule has 0 aliphatic carbocycles. The number of hydrogen-bond acceptors (Lipinski definition) is 4. The average Bonchev–Trinajstić information content (AvgIpc) is 2.83. The fraction of sp³-hybridized carbons (Fsp3) is 0.296. The van der Waals surface area contributed by atoms with Crippen molar-refractivity contribution in [1.82, 2.24) is 5.32 Å². The zero-order valence-electron chi connectivity index (χ0n) is 19.4. The number of amides is 1. The lowest BCUT2D eigenvalue weighted by Crippen LogP contribution is -2.51. The van der Waals surface area contributed by atoms with E-state index in [4.69, 9.17) is 4.74 Å². The summed E-state index contributed by atoms with van der Waals surface area (Å²) in [6.45, 7) is 4.13. The number of para-hydroxylation sites is 2. The number of rotatable bonds is 8. The van der Waals surface area contributed by atoms with E-state index < -0.39 is 16.1 Å². The van der Waals surface area contributed by atoms with E-state index in [1.165, 1.54) is 4.31 Å². The van der Waals surface area contributed by atoms with Gasteiger partial charge in [0.1, 0.15) is 5.75 Å². The molecule has 4 rings (SSSR count). The summed E-state index contributed by atoms with van der Waals surface area (Å²) in [5, 5.41) is 3.10. The Bertz CT molecular complexity index is 1210. The van der Waals surface area contributed by atoms with Crippen molar-refractivity contribution < 1.29 is 17.9 Å². The third-order valence-electron chi connectivity index (χ3n) is 5.78. The SMILES string of the molecule is CC(C)C[C@@H](NC(=O)[C@@H]1CN(S(=O)(=O)Cc2ccccc2)c2ccccc2O1)c1ccccc1. The number of sulfonamides is 1. The number of nitrogens with one attached hydrogen (secondary N) is 1. The van der Waals surface area contributed by atoms with Crippen LogP contribution < -0.4 is 14.4 Å². The van der Waals surface area contributed by atoms with Crippen LogP contribution in [0.4, 0.5) is 5.69 Å². The van der Waals surface area contributed by atoms with E-state index in [0.29, 0.717) is 22.9 Å². The zero-order chi connectivity index (χ0) is 24.1. The normalized spacial score (nSPS) is 16.4. The van der Waals surface area contributed by atoms with Crippen LogP contribution in [0.15, 0.2) is 84.9 Å². The van der Waals surface area contributed by atoms with Crippen LogP contribution in [0.1, 0.15) is 37.4 Å². The van der Waals surface area contributed by atoms with Gasteiger partial charge in [0, 0.05) is 0 Å². The number of anilines is 1. The minimum absolute atomic E-state index is 0.0821. The Kier molecular flexibility index (Phi) is 7.22. The molecule has 1 amide bonds. The smallest absolute Gasteiger partial charge is 0.263 e. The van der Waals surface area contributed by atoms with E-state index in [1.54, 1.807) is 36.4 Å². The third kappa shape index (κ3) is 5.59. The van der Waals surface area contributed by atoms with Crippen LogP contribution in [-0.2, 0) is 20.6 Å². The first-order chi connectivity index (χ1) is 16.3. The highest BCUT2D eigenvalue weighted by Gasteiger charge is 2.37. The Morgan fingerprint density at radius 3 is 2.26 bits per heavy atom. The number of nitrogens with zero attached hydrogens (tertiary/aromatic N) is 1. The second kappa shape index (κ2) is 10.3. The maximum atomic E-state index is 13.4. The predicted molar refractivity (Wildman–Crippen MR) is 134 cm³/mol. The van der Waals surface area contributed by atoms with E-state index in [-0.39, 0.29) is 24.2 Å². The number of carbonyl (C=O) groups excluding carboxylic acids is 1. The van der Waals surface area contributed by atoms with Gasteiger partial charge in [-0.25, -0.2) is 8.42 Å². The van der Waals surface area contributed by atoms with Crippen molar-refractivity contribution in [2.45, 2.75) is 38.2 Å². The highest BCUT2D eigenvalue weighted by atomic mass is 32.2. The molecule has 1 N–H and O–H groups in total. The fourth-order valence-electron chi connectivity index (χ4n) is 4.16. The molecule has 0 aromatic heterocycles. The second-order valence-corrected chi connectivity index (χ2v) is 10.8. The van der Waals surface area contributed by atoms with Crippen LogP contribution in [-0.4, -0.2) is 27.0 Å². The predicted octanol–water partition coefficient (Wildman–Crippen LogP) is 4.69. The first-order valence-corrected chi connectivity index (χ1v) is 13.1. The maximum absolute atomic E-state index is 13.4. The molecule has 3 aromatic carbocycles. The molecule has 34 heavy (non-hydrogen) atoms. The highest BCUT2D eigenvalue weighted by Crippen LogP contribution is 2.36. The third-order valence-corrected chi connectivity index (χ3v) is 7.50. The molecule has 0 saturated heterocycles. The largest absolute Gasteiger partial charge is 0.476 e. The van der Waals surface area contributed by atoms with E-state index in [0.717, 1.165) is 12.0 Å². The monoisotopic (exact) mass is 478 g/mol. The van der Waals surface area contributed by atoms with Gasteiger partial charge in [0.25, 0.3) is 5.91 Å². The van der Waals surface area contributed by atoms with Crippen molar-refractivity contribution in [2.24, 2.45) is 5.92 Å². The van der Waals surface area contributed by atoms with Crippen molar-refractivity contribution in [2.75, 3.05) is 10.8 Å². The number of fused-ring (bicyclic) bond motifs is 1. The van der Waals surface area contributed by atoms with Crippen molar-refractivity contribution in [3.8, 4) is 5.75 Å². The van der Waals surface area contributed by atoms with Crippen molar-refractivity contribution in [3.05, 3.63) is 96.1 Å². The molecule has 0 unspecified atom stereocenters. The van der Waals surface area contributed by atoms with Gasteiger partial charge in [-0.15, -0.1) is 0 Å². The second-order valence-electron chi connectivity index (χ2n) is 8.95. The van der Waals surface area contributed by atoms with Crippen LogP contribution >= 0.6 is 0 Å². The van der Waals surface area contributed by atoms with Gasteiger partial charge in [0.2, 0.25) is 10.0 Å². The Morgan fingerprint density at radius 1 is 0.971 bits per heavy atom. The molecule has 0 bridgehead atoms. The molecule has 1 aliphatic heterocycles. The fourth-order valence-corrected chi connectivity index (χ4v) is 5.75. The summed E-state index contributed by atoms with van der Waals surface area (Å²) in [7, 11) is -3.74. The summed E-state index contributed by atoms with van der Waals surface area (Å²) in [5.41, 5.74) is 2.15. The molecule has 0 saturated carbocycles. The van der Waals surface area contributed by atoms with Gasteiger partial charge in [-0.05, 0) is 35.6 Å². The molecular formula is C27H30N2O4S. The summed E-state index contributed by atoms with van der Waals surface area (Å²) in [6.07, 6.45) is -0.200. The lowest BCUT2D eigenvalue weighted by molar-refractivity contribution is -0.128. The average molecular weight is 479 g/mol. The Hall–Kier alpha value is -3.32. The number of hydrogen-bond donors (Lipinski definition) is 1. The zero-order valence-corrected chi connectivity index (χ0v) is 20.2. The van der Waals surface area contributed by atoms with E-state index >= 15 is 0 Å². The summed E-state index contributed by atoms with van der Waals surface area (Å²) in [6, 6.07) is 25.6. The summed E-state index contributed by atoms with van der Waals surface area (Å²) in [4.78, 5) is 13.3. The Balaban J connectivity index is 1.59. The standard InChI is InChI=1S/C27H30N2O4S/c1-20(2)17-23(22-13-7-4-8-14-22)28-27(30)26-18-29(24-15-9-10-16-25(24)33-26)34(31,32)19-21-11-5-3-6-12-21/h3-16,20,23,26H,17-19H2,1-2H3,(H,28,30)/t23-,26+/m1/s1. The van der Waals surface area contributed by atoms with Gasteiger partial charge in [0.15, 0.2) is 6.10 Å². The van der Waals surface area contributed by atoms with Crippen molar-refractivity contribution in [1.29, 1.82) is 0 Å². The van der Waals surface area contributed by atoms with Gasteiger partial charge >= 0.3 is 0 Å². The number of ether oxygens (including phenoxy) is 1. The van der Waals surface area contributed by atoms with Crippen LogP contribution in [0.3, 0.4) is 0 Å². The first kappa shape index (κ1) is 23.8. The molecule has 1 heterocycles. The molecular weight excluding hydrogens is 448 g/mol. The van der Waals surface area contributed by atoms with Gasteiger partial charge in [0.05, 0.1) is 24.0 Å². The molecule has 6 nitrogen and oxygen atoms in total. The minimum Gasteiger partial charge on any atom is -0.476 e. The highest BCUT2D eigenvalue weighted by molar-refractivity contribution is 7.92. The first-order valence-electron chi connectivity index (χ1n) is 11.5. The number of benzene rings is 3. The lowest BCUT2D eigenvalue weighted by atomic mass is 9.96. The van der Waals surface area contributed by atoms with Crippen LogP contribution in [0.25, 0.3) is 0 Å². The molecule has 0 radical (unpaired) electrons. The van der Waals surface area contributed by atoms with E-state index in [9.17, 15) is 13.2 Å². The van der Waals surface area contributed by atoms with Gasteiger partial charge < -0.3 is 10.1 Å². The van der Waals surface area contributed by atoms with Crippen LogP contribution in [0, 0.1) is 5.92 Å². The quantitative estimate of drug-likeness (QED) is 0.510. The molecule has 1 aliphatic rings. The molecule has 7 heteroatoms. The minimum atomic E-state index is -3.74. The molecule has 0 fully saturated rings. The van der Waals surface area contributed by atoms with Gasteiger partial charge in [-0.3, -0.25) is 9.10 Å². The molecule has 3 aromatic rings. The summed E-state index contributed by atoms with van der Waals surface area (Å²) in [5.74, 6) is 0.257. The van der Waals surface area contributed by atoms with Crippen molar-refractivity contribution >= 4 is 21.6 Å². The summed E-state index contributed by atoms with van der Waals surface area (Å²) >= 11 is 0. The molecule has 0 spiro atoms. The summed E-state index contributed by atoms with van der Waals surface area (Å²) < 4.78 is 34.1. The number of carbonyl (C=O) groups is 1. The van der Waals surface area contributed by atoms with Crippen LogP contribution in [0.5, 0.6) is 5.75 Å². The molecule has 178 valence electrons. The van der Waals surface area contributed by atoms with Gasteiger partial charge in [-0.1, -0.05) is 86.6 Å². The van der Waals surface area contributed by atoms with Crippen LogP contribution in [0.2, 0.25) is 0 Å². The maximum Gasteiger partial charge on any atom is 0.263 e. The Morgan fingerprint density at radius 2 is 1.59 bits per heavy atom. The Labute approximate surface area is 201 Å². The topological polar surface area (TPSA) is 75.7 Å².